The molecule has 0 radical (unpaired) electrons. The maximum absolute atomic E-state index is 8.75. The van der Waals surface area contributed by atoms with Gasteiger partial charge in [-0.25, -0.2) is 0 Å². The number of benzene rings is 1. The van der Waals surface area contributed by atoms with Crippen LogP contribution < -0.4 is 0 Å². The van der Waals surface area contributed by atoms with Crippen molar-refractivity contribution >= 4 is 0 Å². The number of hydrogen-bond donors (Lipinski definition) is 1. The SMILES string of the molecule is CN1C[C@@H](c2ccccc2)CC12CCN(CCOCCO)CC2. The van der Waals surface area contributed by atoms with Crippen molar-refractivity contribution in [2.45, 2.75) is 30.7 Å². The number of ether oxygens (including phenoxy) is 1. The van der Waals surface area contributed by atoms with Crippen LogP contribution in [0.4, 0.5) is 0 Å². The van der Waals surface area contributed by atoms with Crippen molar-refractivity contribution in [3.05, 3.63) is 35.9 Å². The van der Waals surface area contributed by atoms with Gasteiger partial charge in [0.1, 0.15) is 0 Å². The van der Waals surface area contributed by atoms with Gasteiger partial charge >= 0.3 is 0 Å². The molecule has 1 aromatic rings. The summed E-state index contributed by atoms with van der Waals surface area (Å²) in [6.07, 6.45) is 3.81. The van der Waals surface area contributed by atoms with Crippen LogP contribution in [-0.4, -0.2) is 73.5 Å². The smallest absolute Gasteiger partial charge is 0.0698 e. The summed E-state index contributed by atoms with van der Waals surface area (Å²) >= 11 is 0. The van der Waals surface area contributed by atoms with Gasteiger partial charge in [0, 0.05) is 18.6 Å². The standard InChI is InChI=1S/C19H30N2O2/c1-20-16-18(17-5-3-2-4-6-17)15-19(20)7-9-21(10-8-19)11-13-23-14-12-22/h2-6,18,22H,7-16H2,1H3/t18-/m0/s1. The van der Waals surface area contributed by atoms with Crippen LogP contribution in [0.5, 0.6) is 0 Å². The first-order valence-corrected chi connectivity index (χ1v) is 8.91. The normalized spacial score (nSPS) is 25.2. The molecule has 0 saturated carbocycles. The van der Waals surface area contributed by atoms with Crippen molar-refractivity contribution < 1.29 is 9.84 Å². The Morgan fingerprint density at radius 1 is 1.17 bits per heavy atom. The molecule has 2 aliphatic rings. The predicted molar refractivity (Wildman–Crippen MR) is 92.7 cm³/mol. The molecule has 4 heteroatoms. The second kappa shape index (κ2) is 7.75. The maximum Gasteiger partial charge on any atom is 0.0698 e. The zero-order chi connectivity index (χ0) is 16.1. The summed E-state index contributed by atoms with van der Waals surface area (Å²) in [5.74, 6) is 0.681. The lowest BCUT2D eigenvalue weighted by Gasteiger charge is -2.43. The van der Waals surface area contributed by atoms with Gasteiger partial charge in [0.2, 0.25) is 0 Å². The molecule has 128 valence electrons. The van der Waals surface area contributed by atoms with Gasteiger partial charge in [-0.1, -0.05) is 30.3 Å². The number of hydrogen-bond acceptors (Lipinski definition) is 4. The van der Waals surface area contributed by atoms with E-state index >= 15 is 0 Å². The molecule has 1 N–H and O–H groups in total. The number of aliphatic hydroxyl groups is 1. The highest BCUT2D eigenvalue weighted by atomic mass is 16.5. The van der Waals surface area contributed by atoms with Crippen LogP contribution in [0.3, 0.4) is 0 Å². The zero-order valence-corrected chi connectivity index (χ0v) is 14.3. The minimum absolute atomic E-state index is 0.120. The van der Waals surface area contributed by atoms with E-state index in [2.05, 4.69) is 47.2 Å². The number of nitrogens with zero attached hydrogens (tertiary/aromatic N) is 2. The largest absolute Gasteiger partial charge is 0.394 e. The molecule has 1 spiro atoms. The highest BCUT2D eigenvalue weighted by Gasteiger charge is 2.45. The number of likely N-dealkylation sites (tertiary alicyclic amines) is 2. The van der Waals surface area contributed by atoms with Crippen molar-refractivity contribution in [3.63, 3.8) is 0 Å². The van der Waals surface area contributed by atoms with E-state index in [-0.39, 0.29) is 6.61 Å². The molecule has 2 heterocycles. The molecule has 2 aliphatic heterocycles. The molecule has 23 heavy (non-hydrogen) atoms. The quantitative estimate of drug-likeness (QED) is 0.813. The molecule has 4 nitrogen and oxygen atoms in total. The summed E-state index contributed by atoms with van der Waals surface area (Å²) in [6, 6.07) is 11.0. The minimum Gasteiger partial charge on any atom is -0.394 e. The molecule has 2 saturated heterocycles. The first-order valence-electron chi connectivity index (χ1n) is 8.91. The van der Waals surface area contributed by atoms with Gasteiger partial charge < -0.3 is 14.7 Å². The van der Waals surface area contributed by atoms with Gasteiger partial charge in [-0.15, -0.1) is 0 Å². The summed E-state index contributed by atoms with van der Waals surface area (Å²) in [5.41, 5.74) is 1.89. The van der Waals surface area contributed by atoms with E-state index in [1.54, 1.807) is 0 Å². The van der Waals surface area contributed by atoms with Crippen LogP contribution in [0.25, 0.3) is 0 Å². The topological polar surface area (TPSA) is 35.9 Å². The lowest BCUT2D eigenvalue weighted by Crippen LogP contribution is -2.51. The summed E-state index contributed by atoms with van der Waals surface area (Å²) in [5, 5.41) is 8.75. The Kier molecular flexibility index (Phi) is 5.70. The van der Waals surface area contributed by atoms with E-state index < -0.39 is 0 Å². The van der Waals surface area contributed by atoms with E-state index in [0.29, 0.717) is 18.1 Å². The van der Waals surface area contributed by atoms with E-state index in [1.807, 2.05) is 0 Å². The Hall–Kier alpha value is -0.940. The van der Waals surface area contributed by atoms with Crippen molar-refractivity contribution in [3.8, 4) is 0 Å². The van der Waals surface area contributed by atoms with Gasteiger partial charge in [-0.2, -0.15) is 0 Å². The monoisotopic (exact) mass is 318 g/mol. The third kappa shape index (κ3) is 3.94. The fraction of sp³-hybridized carbons (Fsp3) is 0.684. The number of aliphatic hydroxyl groups excluding tert-OH is 1. The average molecular weight is 318 g/mol. The molecule has 0 aromatic heterocycles. The Morgan fingerprint density at radius 3 is 2.61 bits per heavy atom. The Labute approximate surface area is 140 Å². The fourth-order valence-electron chi connectivity index (χ4n) is 4.29. The minimum atomic E-state index is 0.120. The van der Waals surface area contributed by atoms with Crippen molar-refractivity contribution in [2.24, 2.45) is 0 Å². The maximum atomic E-state index is 8.75. The van der Waals surface area contributed by atoms with Crippen molar-refractivity contribution in [2.75, 3.05) is 53.0 Å². The Bertz CT molecular complexity index is 472. The molecule has 1 atom stereocenters. The zero-order valence-electron chi connectivity index (χ0n) is 14.3. The molecule has 0 aliphatic carbocycles. The van der Waals surface area contributed by atoms with Gasteiger partial charge in [-0.3, -0.25) is 4.90 Å². The lowest BCUT2D eigenvalue weighted by atomic mass is 9.81. The van der Waals surface area contributed by atoms with E-state index in [4.69, 9.17) is 9.84 Å². The van der Waals surface area contributed by atoms with E-state index in [1.165, 1.54) is 31.4 Å². The Morgan fingerprint density at radius 2 is 1.91 bits per heavy atom. The van der Waals surface area contributed by atoms with Crippen molar-refractivity contribution in [1.29, 1.82) is 0 Å². The van der Waals surface area contributed by atoms with Gasteiger partial charge in [0.15, 0.2) is 0 Å². The van der Waals surface area contributed by atoms with Crippen LogP contribution >= 0.6 is 0 Å². The number of likely N-dealkylation sites (N-methyl/N-ethyl adjacent to an activating group) is 1. The molecular weight excluding hydrogens is 288 g/mol. The number of rotatable bonds is 6. The van der Waals surface area contributed by atoms with E-state index in [9.17, 15) is 0 Å². The van der Waals surface area contributed by atoms with Crippen LogP contribution in [-0.2, 0) is 4.74 Å². The molecule has 3 rings (SSSR count). The molecule has 0 unspecified atom stereocenters. The predicted octanol–water partition coefficient (Wildman–Crippen LogP) is 1.95. The van der Waals surface area contributed by atoms with Crippen LogP contribution in [0.1, 0.15) is 30.7 Å². The lowest BCUT2D eigenvalue weighted by molar-refractivity contribution is 0.0388. The van der Waals surface area contributed by atoms with Crippen molar-refractivity contribution in [1.82, 2.24) is 9.80 Å². The van der Waals surface area contributed by atoms with Gasteiger partial charge in [0.05, 0.1) is 19.8 Å². The van der Waals surface area contributed by atoms with Crippen LogP contribution in [0, 0.1) is 0 Å². The third-order valence-electron chi connectivity index (χ3n) is 5.78. The van der Waals surface area contributed by atoms with Crippen LogP contribution in [0.15, 0.2) is 30.3 Å². The summed E-state index contributed by atoms with van der Waals surface area (Å²) in [7, 11) is 2.31. The average Bonchev–Trinajstić information content (AvgIpc) is 2.91. The van der Waals surface area contributed by atoms with Gasteiger partial charge in [0.25, 0.3) is 0 Å². The third-order valence-corrected chi connectivity index (χ3v) is 5.78. The first kappa shape index (κ1) is 16.9. The summed E-state index contributed by atoms with van der Waals surface area (Å²) < 4.78 is 5.40. The molecular formula is C19H30N2O2. The highest BCUT2D eigenvalue weighted by Crippen LogP contribution is 2.43. The summed E-state index contributed by atoms with van der Waals surface area (Å²) in [4.78, 5) is 5.12. The van der Waals surface area contributed by atoms with Gasteiger partial charge in [-0.05, 0) is 50.9 Å². The molecule has 0 bridgehead atoms. The highest BCUT2D eigenvalue weighted by molar-refractivity contribution is 5.23. The first-order chi connectivity index (χ1) is 11.2. The second-order valence-electron chi connectivity index (χ2n) is 7.09. The second-order valence-corrected chi connectivity index (χ2v) is 7.09. The summed E-state index contributed by atoms with van der Waals surface area (Å²) in [6.45, 7) is 5.80. The molecule has 1 aromatic carbocycles. The van der Waals surface area contributed by atoms with Crippen LogP contribution in [0.2, 0.25) is 0 Å². The molecule has 0 amide bonds. The van der Waals surface area contributed by atoms with E-state index in [0.717, 1.165) is 26.2 Å². The Balaban J connectivity index is 1.51. The fourth-order valence-corrected chi connectivity index (χ4v) is 4.29. The molecule has 2 fully saturated rings. The number of piperidine rings is 1.